The van der Waals surface area contributed by atoms with Crippen LogP contribution in [0.4, 0.5) is 0 Å². The topological polar surface area (TPSA) is 56.2 Å². The number of nitrogens with zero attached hydrogens (tertiary/aromatic N) is 3. The molecule has 2 N–H and O–H groups in total. The highest BCUT2D eigenvalue weighted by Crippen LogP contribution is 2.01. The van der Waals surface area contributed by atoms with E-state index < -0.39 is 0 Å². The second-order valence-corrected chi connectivity index (χ2v) is 2.78. The van der Waals surface area contributed by atoms with E-state index >= 15 is 0 Å². The molecule has 0 aromatic carbocycles. The molecular weight excluding hydrogens is 247 g/mol. The lowest BCUT2D eigenvalue weighted by Crippen LogP contribution is -1.96. The monoisotopic (exact) mass is 258 g/mol. The Kier molecular flexibility index (Phi) is 6.50. The first-order chi connectivity index (χ1) is 6.92. The molecule has 2 aromatic rings. The predicted molar refractivity (Wildman–Crippen MR) is 68.0 cm³/mol. The normalized spacial score (nSPS) is 8.56. The lowest BCUT2D eigenvalue weighted by Gasteiger charge is -1.90. The van der Waals surface area contributed by atoms with Crippen LogP contribution in [-0.4, -0.2) is 21.1 Å². The van der Waals surface area contributed by atoms with E-state index in [4.69, 9.17) is 5.73 Å². The molecule has 0 aliphatic rings. The summed E-state index contributed by atoms with van der Waals surface area (Å²) >= 11 is 0. The molecule has 6 heteroatoms. The van der Waals surface area contributed by atoms with E-state index in [-0.39, 0.29) is 24.8 Å². The van der Waals surface area contributed by atoms with E-state index in [2.05, 4.69) is 21.9 Å². The van der Waals surface area contributed by atoms with Crippen LogP contribution in [0.1, 0.15) is 12.1 Å². The second kappa shape index (κ2) is 7.07. The number of rotatable bonds is 1. The summed E-state index contributed by atoms with van der Waals surface area (Å²) in [6, 6.07) is 3.74. The number of aromatic nitrogens is 3. The molecule has 86 valence electrons. The maximum absolute atomic E-state index is 5.34. The third kappa shape index (κ3) is 3.11. The highest BCUT2D eigenvalue weighted by molar-refractivity contribution is 5.85. The first-order valence-corrected chi connectivity index (χ1v) is 4.39. The van der Waals surface area contributed by atoms with Gasteiger partial charge < -0.3 is 5.73 Å². The minimum absolute atomic E-state index is 0. The lowest BCUT2D eigenvalue weighted by atomic mass is 10.4. The molecule has 0 saturated heterocycles. The fraction of sp³-hybridized carbons (Fsp3) is 0.200. The van der Waals surface area contributed by atoms with Gasteiger partial charge in [-0.15, -0.1) is 24.8 Å². The highest BCUT2D eigenvalue weighted by Gasteiger charge is 1.98. The summed E-state index contributed by atoms with van der Waals surface area (Å²) in [5.74, 6) is 5.93. The van der Waals surface area contributed by atoms with Crippen molar-refractivity contribution < 1.29 is 0 Å². The first-order valence-electron chi connectivity index (χ1n) is 4.39. The fourth-order valence-corrected chi connectivity index (χ4v) is 1.14. The Hall–Kier alpha value is -1.28. The number of hydrogen-bond donors (Lipinski definition) is 1. The number of halogens is 2. The Labute approximate surface area is 106 Å². The molecule has 4 nitrogen and oxygen atoms in total. The Morgan fingerprint density at radius 3 is 2.94 bits per heavy atom. The van der Waals surface area contributed by atoms with Gasteiger partial charge in [0.25, 0.3) is 0 Å². The predicted octanol–water partition coefficient (Wildman–Crippen LogP) is 1.27. The van der Waals surface area contributed by atoms with Crippen LogP contribution in [0, 0.1) is 11.8 Å². The molecule has 0 radical (unpaired) electrons. The molecule has 2 rings (SSSR count). The van der Waals surface area contributed by atoms with Gasteiger partial charge >= 0.3 is 0 Å². The molecule has 0 unspecified atom stereocenters. The molecule has 0 spiro atoms. The van der Waals surface area contributed by atoms with Crippen molar-refractivity contribution >= 4 is 30.5 Å². The quantitative estimate of drug-likeness (QED) is 0.785. The van der Waals surface area contributed by atoms with Gasteiger partial charge in [0.2, 0.25) is 0 Å². The van der Waals surface area contributed by atoms with Gasteiger partial charge in [-0.3, -0.25) is 0 Å². The third-order valence-electron chi connectivity index (χ3n) is 1.76. The number of imidazole rings is 1. The molecule has 0 saturated carbocycles. The van der Waals surface area contributed by atoms with Crippen LogP contribution in [-0.2, 0) is 0 Å². The Balaban J connectivity index is 0.00000112. The first kappa shape index (κ1) is 14.7. The summed E-state index contributed by atoms with van der Waals surface area (Å²) in [6.45, 7) is 0.581. The lowest BCUT2D eigenvalue weighted by molar-refractivity contribution is 0.922. The minimum atomic E-state index is 0. The Morgan fingerprint density at radius 2 is 2.19 bits per heavy atom. The van der Waals surface area contributed by atoms with Gasteiger partial charge in [0, 0.05) is 19.2 Å². The summed E-state index contributed by atoms with van der Waals surface area (Å²) in [7, 11) is 0. The van der Waals surface area contributed by atoms with Crippen molar-refractivity contribution in [3.8, 4) is 11.8 Å². The van der Waals surface area contributed by atoms with Crippen molar-refractivity contribution in [2.45, 2.75) is 6.42 Å². The number of fused-ring (bicyclic) bond motifs is 1. The average Bonchev–Trinajstić information content (AvgIpc) is 2.63. The Bertz CT molecular complexity index is 498. The summed E-state index contributed by atoms with van der Waals surface area (Å²) in [4.78, 5) is 4.16. The minimum Gasteiger partial charge on any atom is -0.330 e. The SMILES string of the molecule is Cl.Cl.NCCC#Cc1cnc2cccnn12. The van der Waals surface area contributed by atoms with Crippen molar-refractivity contribution in [3.05, 3.63) is 30.2 Å². The van der Waals surface area contributed by atoms with E-state index in [1.807, 2.05) is 12.1 Å². The van der Waals surface area contributed by atoms with E-state index in [9.17, 15) is 0 Å². The fourth-order valence-electron chi connectivity index (χ4n) is 1.14. The molecule has 0 atom stereocenters. The van der Waals surface area contributed by atoms with Crippen molar-refractivity contribution in [2.75, 3.05) is 6.54 Å². The van der Waals surface area contributed by atoms with Crippen LogP contribution in [0.5, 0.6) is 0 Å². The molecule has 0 fully saturated rings. The van der Waals surface area contributed by atoms with Crippen molar-refractivity contribution in [2.24, 2.45) is 5.73 Å². The van der Waals surface area contributed by atoms with Crippen LogP contribution >= 0.6 is 24.8 Å². The molecule has 16 heavy (non-hydrogen) atoms. The van der Waals surface area contributed by atoms with Crippen molar-refractivity contribution in [1.29, 1.82) is 0 Å². The van der Waals surface area contributed by atoms with Gasteiger partial charge in [0.05, 0.1) is 6.20 Å². The zero-order valence-corrected chi connectivity index (χ0v) is 10.1. The largest absolute Gasteiger partial charge is 0.330 e. The van der Waals surface area contributed by atoms with Crippen LogP contribution < -0.4 is 5.73 Å². The van der Waals surface area contributed by atoms with Crippen LogP contribution in [0.2, 0.25) is 0 Å². The summed E-state index contributed by atoms with van der Waals surface area (Å²) in [5, 5.41) is 4.14. The highest BCUT2D eigenvalue weighted by atomic mass is 35.5. The van der Waals surface area contributed by atoms with Gasteiger partial charge in [-0.2, -0.15) is 5.10 Å². The van der Waals surface area contributed by atoms with Gasteiger partial charge in [0.1, 0.15) is 5.69 Å². The van der Waals surface area contributed by atoms with Crippen molar-refractivity contribution in [1.82, 2.24) is 14.6 Å². The smallest absolute Gasteiger partial charge is 0.154 e. The van der Waals surface area contributed by atoms with E-state index in [1.165, 1.54) is 0 Å². The molecule has 0 amide bonds. The summed E-state index contributed by atoms with van der Waals surface area (Å²) in [5.41, 5.74) is 6.95. The molecule has 0 aliphatic heterocycles. The molecule has 2 heterocycles. The summed E-state index contributed by atoms with van der Waals surface area (Å²) in [6.07, 6.45) is 4.12. The molecular formula is C10H12Cl2N4. The third-order valence-corrected chi connectivity index (χ3v) is 1.76. The zero-order valence-electron chi connectivity index (χ0n) is 8.46. The number of nitrogens with two attached hydrogens (primary N) is 1. The maximum atomic E-state index is 5.34. The Morgan fingerprint density at radius 1 is 1.38 bits per heavy atom. The second-order valence-electron chi connectivity index (χ2n) is 2.78. The number of hydrogen-bond acceptors (Lipinski definition) is 3. The van der Waals surface area contributed by atoms with Crippen LogP contribution in [0.15, 0.2) is 24.5 Å². The van der Waals surface area contributed by atoms with Gasteiger partial charge in [0.15, 0.2) is 5.65 Å². The summed E-state index contributed by atoms with van der Waals surface area (Å²) < 4.78 is 1.71. The molecule has 0 bridgehead atoms. The van der Waals surface area contributed by atoms with E-state index in [0.717, 1.165) is 11.3 Å². The van der Waals surface area contributed by atoms with Gasteiger partial charge in [-0.25, -0.2) is 9.50 Å². The average molecular weight is 259 g/mol. The standard InChI is InChI=1S/C10H10N4.2ClH/c11-6-2-1-4-9-8-12-10-5-3-7-13-14(9)10;;/h3,5,7-8H,2,6,11H2;2*1H. The van der Waals surface area contributed by atoms with E-state index in [1.54, 1.807) is 16.9 Å². The van der Waals surface area contributed by atoms with Gasteiger partial charge in [-0.05, 0) is 18.1 Å². The maximum Gasteiger partial charge on any atom is 0.154 e. The molecule has 2 aromatic heterocycles. The molecule has 0 aliphatic carbocycles. The zero-order chi connectivity index (χ0) is 9.80. The van der Waals surface area contributed by atoms with E-state index in [0.29, 0.717) is 13.0 Å². The van der Waals surface area contributed by atoms with Crippen LogP contribution in [0.25, 0.3) is 5.65 Å². The van der Waals surface area contributed by atoms with Crippen molar-refractivity contribution in [3.63, 3.8) is 0 Å². The van der Waals surface area contributed by atoms with Gasteiger partial charge in [-0.1, -0.05) is 5.92 Å². The van der Waals surface area contributed by atoms with Crippen LogP contribution in [0.3, 0.4) is 0 Å².